The Hall–Kier alpha value is 0.0700. The van der Waals surface area contributed by atoms with Gasteiger partial charge in [-0.15, -0.1) is 0 Å². The van der Waals surface area contributed by atoms with E-state index in [1.807, 2.05) is 0 Å². The van der Waals surface area contributed by atoms with Gasteiger partial charge in [0.2, 0.25) is 0 Å². The van der Waals surface area contributed by atoms with E-state index in [-0.39, 0.29) is 0 Å². The summed E-state index contributed by atoms with van der Waals surface area (Å²) in [5.41, 5.74) is 0. The van der Waals surface area contributed by atoms with Crippen LogP contribution in [0, 0.1) is 5.92 Å². The minimum absolute atomic E-state index is 0.636. The van der Waals surface area contributed by atoms with Crippen LogP contribution < -0.4 is 5.32 Å². The zero-order valence-corrected chi connectivity index (χ0v) is 12.6. The molecule has 1 aliphatic rings. The van der Waals surface area contributed by atoms with Crippen LogP contribution in [0.4, 0.5) is 0 Å². The number of piperazine rings is 1. The Labute approximate surface area is 109 Å². The number of nitrogens with one attached hydrogen (secondary N) is 1. The Morgan fingerprint density at radius 1 is 1.47 bits per heavy atom. The third kappa shape index (κ3) is 5.06. The Kier molecular flexibility index (Phi) is 6.67. The second-order valence-electron chi connectivity index (χ2n) is 5.45. The standard InChI is InChI=1S/C13H28N2OS/c1-5-12-10-15(7-6-8-17(4)16)13(9-14-12)11(2)3/h11-14H,5-10H2,1-4H3. The van der Waals surface area contributed by atoms with E-state index in [4.69, 9.17) is 0 Å². The molecule has 0 saturated carbocycles. The number of rotatable bonds is 6. The highest BCUT2D eigenvalue weighted by molar-refractivity contribution is 7.84. The topological polar surface area (TPSA) is 32.3 Å². The van der Waals surface area contributed by atoms with Crippen molar-refractivity contribution in [3.63, 3.8) is 0 Å². The largest absolute Gasteiger partial charge is 0.311 e. The van der Waals surface area contributed by atoms with E-state index in [0.717, 1.165) is 31.8 Å². The molecule has 3 atom stereocenters. The lowest BCUT2D eigenvalue weighted by Crippen LogP contribution is -2.58. The fourth-order valence-electron chi connectivity index (χ4n) is 2.56. The van der Waals surface area contributed by atoms with Gasteiger partial charge < -0.3 is 5.32 Å². The fraction of sp³-hybridized carbons (Fsp3) is 1.00. The van der Waals surface area contributed by atoms with Crippen molar-refractivity contribution in [3.05, 3.63) is 0 Å². The molecule has 1 heterocycles. The molecule has 0 aromatic heterocycles. The molecule has 0 amide bonds. The summed E-state index contributed by atoms with van der Waals surface area (Å²) in [7, 11) is -0.645. The van der Waals surface area contributed by atoms with Crippen LogP contribution in [0.5, 0.6) is 0 Å². The predicted octanol–water partition coefficient (Wildman–Crippen LogP) is 1.46. The molecule has 0 aliphatic carbocycles. The van der Waals surface area contributed by atoms with Gasteiger partial charge in [-0.05, 0) is 25.3 Å². The molecule has 1 aliphatic heterocycles. The summed E-state index contributed by atoms with van der Waals surface area (Å²) < 4.78 is 11.1. The summed E-state index contributed by atoms with van der Waals surface area (Å²) in [6.07, 6.45) is 4.05. The third-order valence-electron chi connectivity index (χ3n) is 3.68. The van der Waals surface area contributed by atoms with Gasteiger partial charge in [0.1, 0.15) is 0 Å². The average molecular weight is 260 g/mol. The van der Waals surface area contributed by atoms with Gasteiger partial charge in [0.25, 0.3) is 0 Å². The van der Waals surface area contributed by atoms with E-state index < -0.39 is 10.8 Å². The van der Waals surface area contributed by atoms with Gasteiger partial charge in [0.05, 0.1) is 0 Å². The van der Waals surface area contributed by atoms with Crippen LogP contribution in [0.2, 0.25) is 0 Å². The molecule has 1 N–H and O–H groups in total. The van der Waals surface area contributed by atoms with E-state index >= 15 is 0 Å². The molecule has 0 aromatic carbocycles. The summed E-state index contributed by atoms with van der Waals surface area (Å²) in [6.45, 7) is 10.2. The molecular weight excluding hydrogens is 232 g/mol. The predicted molar refractivity (Wildman–Crippen MR) is 75.8 cm³/mol. The Balaban J connectivity index is 2.45. The third-order valence-corrected chi connectivity index (χ3v) is 4.54. The van der Waals surface area contributed by atoms with Crippen LogP contribution >= 0.6 is 0 Å². The molecule has 1 rings (SSSR count). The van der Waals surface area contributed by atoms with Gasteiger partial charge in [-0.1, -0.05) is 20.8 Å². The maximum Gasteiger partial charge on any atom is 0.0244 e. The van der Waals surface area contributed by atoms with Crippen molar-refractivity contribution in [1.29, 1.82) is 0 Å². The molecule has 0 bridgehead atoms. The summed E-state index contributed by atoms with van der Waals surface area (Å²) in [4.78, 5) is 2.60. The second-order valence-corrected chi connectivity index (χ2v) is 7.01. The van der Waals surface area contributed by atoms with Gasteiger partial charge in [-0.3, -0.25) is 9.11 Å². The molecule has 3 unspecified atom stereocenters. The lowest BCUT2D eigenvalue weighted by molar-refractivity contribution is 0.0977. The number of hydrogen-bond donors (Lipinski definition) is 1. The number of hydrogen-bond acceptors (Lipinski definition) is 3. The van der Waals surface area contributed by atoms with Crippen molar-refractivity contribution >= 4 is 10.8 Å². The zero-order valence-electron chi connectivity index (χ0n) is 11.7. The van der Waals surface area contributed by atoms with Crippen LogP contribution in [0.25, 0.3) is 0 Å². The lowest BCUT2D eigenvalue weighted by atomic mass is 9.97. The summed E-state index contributed by atoms with van der Waals surface area (Å²) in [5.74, 6) is 1.53. The highest BCUT2D eigenvalue weighted by Gasteiger charge is 2.28. The van der Waals surface area contributed by atoms with Crippen LogP contribution in [0.15, 0.2) is 0 Å². The molecule has 0 aromatic rings. The molecule has 0 spiro atoms. The van der Waals surface area contributed by atoms with Crippen molar-refractivity contribution in [3.8, 4) is 0 Å². The van der Waals surface area contributed by atoms with E-state index in [1.165, 1.54) is 6.42 Å². The first-order valence-corrected chi connectivity index (χ1v) is 8.54. The van der Waals surface area contributed by atoms with Crippen molar-refractivity contribution in [2.75, 3.05) is 31.6 Å². The Morgan fingerprint density at radius 3 is 2.71 bits per heavy atom. The van der Waals surface area contributed by atoms with Gasteiger partial charge in [0, 0.05) is 48.0 Å². The highest BCUT2D eigenvalue weighted by atomic mass is 32.2. The first-order chi connectivity index (χ1) is 8.04. The average Bonchev–Trinajstić information content (AvgIpc) is 2.28. The van der Waals surface area contributed by atoms with Crippen molar-refractivity contribution < 1.29 is 4.21 Å². The molecule has 3 nitrogen and oxygen atoms in total. The molecule has 1 fully saturated rings. The Bertz CT molecular complexity index is 246. The van der Waals surface area contributed by atoms with Gasteiger partial charge in [-0.2, -0.15) is 0 Å². The monoisotopic (exact) mass is 260 g/mol. The SMILES string of the molecule is CCC1CN(CCCS(C)=O)C(C(C)C)CN1. The number of nitrogens with zero attached hydrogens (tertiary/aromatic N) is 1. The maximum atomic E-state index is 11.1. The first-order valence-electron chi connectivity index (χ1n) is 6.82. The molecular formula is C13H28N2OS. The van der Waals surface area contributed by atoms with Gasteiger partial charge in [0.15, 0.2) is 0 Å². The first kappa shape index (κ1) is 15.1. The second kappa shape index (κ2) is 7.49. The molecule has 4 heteroatoms. The molecule has 17 heavy (non-hydrogen) atoms. The minimum atomic E-state index is -0.645. The van der Waals surface area contributed by atoms with Crippen molar-refractivity contribution in [2.45, 2.75) is 45.7 Å². The normalized spacial score (nSPS) is 28.5. The van der Waals surface area contributed by atoms with E-state index in [2.05, 4.69) is 31.0 Å². The zero-order chi connectivity index (χ0) is 12.8. The summed E-state index contributed by atoms with van der Waals surface area (Å²) >= 11 is 0. The summed E-state index contributed by atoms with van der Waals surface area (Å²) in [5, 5.41) is 3.63. The lowest BCUT2D eigenvalue weighted by Gasteiger charge is -2.42. The smallest absolute Gasteiger partial charge is 0.0244 e. The quantitative estimate of drug-likeness (QED) is 0.785. The molecule has 102 valence electrons. The van der Waals surface area contributed by atoms with E-state index in [1.54, 1.807) is 6.26 Å². The maximum absolute atomic E-state index is 11.1. The van der Waals surface area contributed by atoms with Crippen LogP contribution in [0.3, 0.4) is 0 Å². The van der Waals surface area contributed by atoms with Crippen molar-refractivity contribution in [2.24, 2.45) is 5.92 Å². The van der Waals surface area contributed by atoms with Crippen LogP contribution in [0.1, 0.15) is 33.6 Å². The van der Waals surface area contributed by atoms with E-state index in [9.17, 15) is 4.21 Å². The minimum Gasteiger partial charge on any atom is -0.311 e. The van der Waals surface area contributed by atoms with Crippen LogP contribution in [-0.2, 0) is 10.8 Å². The molecule has 1 saturated heterocycles. The van der Waals surface area contributed by atoms with E-state index in [0.29, 0.717) is 18.0 Å². The van der Waals surface area contributed by atoms with Crippen LogP contribution in [-0.4, -0.2) is 52.8 Å². The summed E-state index contributed by atoms with van der Waals surface area (Å²) in [6, 6.07) is 1.28. The van der Waals surface area contributed by atoms with Gasteiger partial charge in [-0.25, -0.2) is 0 Å². The fourth-order valence-corrected chi connectivity index (χ4v) is 3.09. The highest BCUT2D eigenvalue weighted by Crippen LogP contribution is 2.16. The Morgan fingerprint density at radius 2 is 2.18 bits per heavy atom. The van der Waals surface area contributed by atoms with Crippen molar-refractivity contribution in [1.82, 2.24) is 10.2 Å². The molecule has 0 radical (unpaired) electrons. The van der Waals surface area contributed by atoms with Gasteiger partial charge >= 0.3 is 0 Å².